The summed E-state index contributed by atoms with van der Waals surface area (Å²) in [7, 11) is 0. The second-order valence-corrected chi connectivity index (χ2v) is 5.37. The number of aromatic nitrogens is 1. The number of rotatable bonds is 6. The van der Waals surface area contributed by atoms with Crippen molar-refractivity contribution in [1.29, 1.82) is 0 Å². The van der Waals surface area contributed by atoms with Gasteiger partial charge in [0.05, 0.1) is 18.1 Å². The van der Waals surface area contributed by atoms with Crippen molar-refractivity contribution in [2.75, 3.05) is 0 Å². The third-order valence-corrected chi connectivity index (χ3v) is 3.60. The van der Waals surface area contributed by atoms with Crippen molar-refractivity contribution >= 4 is 5.91 Å². The van der Waals surface area contributed by atoms with Crippen molar-refractivity contribution in [3.8, 4) is 5.88 Å². The molecule has 5 nitrogen and oxygen atoms in total. The van der Waals surface area contributed by atoms with Crippen LogP contribution in [-0.2, 0) is 6.54 Å². The van der Waals surface area contributed by atoms with Gasteiger partial charge in [-0.25, -0.2) is 4.98 Å². The molecule has 1 amide bonds. The number of amides is 1. The Hall–Kier alpha value is -3.08. The highest BCUT2D eigenvalue weighted by Gasteiger charge is 2.10. The molecule has 24 heavy (non-hydrogen) atoms. The molecule has 1 N–H and O–H groups in total. The maximum atomic E-state index is 12.1. The predicted molar refractivity (Wildman–Crippen MR) is 89.6 cm³/mol. The van der Waals surface area contributed by atoms with Gasteiger partial charge in [-0.3, -0.25) is 4.79 Å². The third kappa shape index (κ3) is 4.01. The van der Waals surface area contributed by atoms with Crippen molar-refractivity contribution in [1.82, 2.24) is 10.3 Å². The fourth-order valence-electron chi connectivity index (χ4n) is 2.24. The summed E-state index contributed by atoms with van der Waals surface area (Å²) in [6.45, 7) is 2.38. The van der Waals surface area contributed by atoms with Crippen LogP contribution in [0.1, 0.15) is 34.5 Å². The van der Waals surface area contributed by atoms with Crippen LogP contribution in [0.4, 0.5) is 0 Å². The van der Waals surface area contributed by atoms with Crippen molar-refractivity contribution in [2.24, 2.45) is 0 Å². The van der Waals surface area contributed by atoms with Crippen LogP contribution in [0.15, 0.2) is 71.7 Å². The second kappa shape index (κ2) is 7.46. The van der Waals surface area contributed by atoms with Gasteiger partial charge >= 0.3 is 0 Å². The molecule has 3 aromatic rings. The molecule has 0 saturated heterocycles. The molecule has 122 valence electrons. The Labute approximate surface area is 140 Å². The maximum absolute atomic E-state index is 12.1. The van der Waals surface area contributed by atoms with Crippen molar-refractivity contribution in [2.45, 2.75) is 19.6 Å². The highest BCUT2D eigenvalue weighted by atomic mass is 16.5. The fourth-order valence-corrected chi connectivity index (χ4v) is 2.24. The smallest absolute Gasteiger partial charge is 0.253 e. The van der Waals surface area contributed by atoms with E-state index in [9.17, 15) is 4.79 Å². The lowest BCUT2D eigenvalue weighted by Crippen LogP contribution is -2.22. The second-order valence-electron chi connectivity index (χ2n) is 5.37. The first-order chi connectivity index (χ1) is 11.7. The third-order valence-electron chi connectivity index (χ3n) is 3.60. The lowest BCUT2D eigenvalue weighted by atomic mass is 10.1. The average molecular weight is 322 g/mol. The van der Waals surface area contributed by atoms with E-state index in [1.807, 2.05) is 37.3 Å². The van der Waals surface area contributed by atoms with E-state index in [2.05, 4.69) is 10.3 Å². The summed E-state index contributed by atoms with van der Waals surface area (Å²) in [6, 6.07) is 15.1. The Bertz CT molecular complexity index is 768. The van der Waals surface area contributed by atoms with E-state index < -0.39 is 0 Å². The minimum atomic E-state index is -0.189. The summed E-state index contributed by atoms with van der Waals surface area (Å²) in [5, 5.41) is 2.81. The number of hydrogen-bond acceptors (Lipinski definition) is 4. The zero-order valence-corrected chi connectivity index (χ0v) is 13.3. The molecule has 0 fully saturated rings. The number of ether oxygens (including phenoxy) is 1. The Morgan fingerprint density at radius 1 is 1.21 bits per heavy atom. The first-order valence-electron chi connectivity index (χ1n) is 7.69. The Morgan fingerprint density at radius 2 is 2.04 bits per heavy atom. The monoisotopic (exact) mass is 322 g/mol. The molecule has 5 heteroatoms. The number of carbonyl (C=O) groups excluding carboxylic acids is 1. The molecule has 0 radical (unpaired) electrons. The van der Waals surface area contributed by atoms with Gasteiger partial charge in [-0.1, -0.05) is 30.3 Å². The van der Waals surface area contributed by atoms with Gasteiger partial charge in [0.1, 0.15) is 6.10 Å². The van der Waals surface area contributed by atoms with Gasteiger partial charge in [-0.15, -0.1) is 0 Å². The number of nitrogens with one attached hydrogen (secondary N) is 1. The highest BCUT2D eigenvalue weighted by molar-refractivity contribution is 5.93. The SMILES string of the molecule is C[C@@H](Oc1ccc(C(=O)NCc2ccoc2)cn1)c1ccccc1. The van der Waals surface area contributed by atoms with E-state index in [4.69, 9.17) is 9.15 Å². The predicted octanol–water partition coefficient (Wildman–Crippen LogP) is 3.74. The molecule has 1 atom stereocenters. The molecule has 0 bridgehead atoms. The summed E-state index contributed by atoms with van der Waals surface area (Å²) in [5.41, 5.74) is 2.47. The summed E-state index contributed by atoms with van der Waals surface area (Å²) in [4.78, 5) is 16.3. The minimum absolute atomic E-state index is 0.112. The van der Waals surface area contributed by atoms with Gasteiger partial charge < -0.3 is 14.5 Å². The molecule has 1 aromatic carbocycles. The van der Waals surface area contributed by atoms with Gasteiger partial charge in [0, 0.05) is 24.4 Å². The van der Waals surface area contributed by atoms with Crippen LogP contribution in [0.25, 0.3) is 0 Å². The molecular weight excluding hydrogens is 304 g/mol. The standard InChI is InChI=1S/C19H18N2O3/c1-14(16-5-3-2-4-6-16)24-18-8-7-17(12-20-18)19(22)21-11-15-9-10-23-13-15/h2-10,12-14H,11H2,1H3,(H,21,22)/t14-/m1/s1. The largest absolute Gasteiger partial charge is 0.472 e. The number of furan rings is 1. The maximum Gasteiger partial charge on any atom is 0.253 e. The van der Waals surface area contributed by atoms with Crippen molar-refractivity contribution in [3.05, 3.63) is 83.9 Å². The van der Waals surface area contributed by atoms with E-state index in [1.54, 1.807) is 30.7 Å². The van der Waals surface area contributed by atoms with Crippen LogP contribution in [0.3, 0.4) is 0 Å². The number of nitrogens with zero attached hydrogens (tertiary/aromatic N) is 1. The lowest BCUT2D eigenvalue weighted by molar-refractivity contribution is 0.0950. The van der Waals surface area contributed by atoms with Crippen LogP contribution in [0, 0.1) is 0 Å². The Kier molecular flexibility index (Phi) is 4.91. The van der Waals surface area contributed by atoms with E-state index in [-0.39, 0.29) is 12.0 Å². The van der Waals surface area contributed by atoms with E-state index >= 15 is 0 Å². The lowest BCUT2D eigenvalue weighted by Gasteiger charge is -2.14. The van der Waals surface area contributed by atoms with Crippen LogP contribution < -0.4 is 10.1 Å². The molecule has 0 aliphatic rings. The summed E-state index contributed by atoms with van der Waals surface area (Å²) < 4.78 is 10.8. The molecule has 0 saturated carbocycles. The average Bonchev–Trinajstić information content (AvgIpc) is 3.14. The van der Waals surface area contributed by atoms with E-state index in [1.165, 1.54) is 6.20 Å². The Balaban J connectivity index is 1.57. The molecule has 0 unspecified atom stereocenters. The molecule has 0 aliphatic heterocycles. The molecular formula is C19H18N2O3. The van der Waals surface area contributed by atoms with Gasteiger partial charge in [-0.2, -0.15) is 0 Å². The number of hydrogen-bond donors (Lipinski definition) is 1. The van der Waals surface area contributed by atoms with Gasteiger partial charge in [0.2, 0.25) is 5.88 Å². The van der Waals surface area contributed by atoms with Crippen molar-refractivity contribution in [3.63, 3.8) is 0 Å². The van der Waals surface area contributed by atoms with Crippen LogP contribution in [0.2, 0.25) is 0 Å². The van der Waals surface area contributed by atoms with Crippen molar-refractivity contribution < 1.29 is 13.9 Å². The van der Waals surface area contributed by atoms with Crippen LogP contribution in [0.5, 0.6) is 5.88 Å². The minimum Gasteiger partial charge on any atom is -0.472 e. The zero-order chi connectivity index (χ0) is 16.8. The van der Waals surface area contributed by atoms with Crippen LogP contribution >= 0.6 is 0 Å². The number of carbonyl (C=O) groups is 1. The van der Waals surface area contributed by atoms with Gasteiger partial charge in [0.25, 0.3) is 5.91 Å². The Morgan fingerprint density at radius 3 is 2.71 bits per heavy atom. The summed E-state index contributed by atoms with van der Waals surface area (Å²) in [6.07, 6.45) is 4.57. The van der Waals surface area contributed by atoms with Gasteiger partial charge in [0.15, 0.2) is 0 Å². The quantitative estimate of drug-likeness (QED) is 0.751. The number of benzene rings is 1. The molecule has 3 rings (SSSR count). The molecule has 2 heterocycles. The normalized spacial score (nSPS) is 11.7. The molecule has 2 aromatic heterocycles. The fraction of sp³-hybridized carbons (Fsp3) is 0.158. The first kappa shape index (κ1) is 15.8. The summed E-state index contributed by atoms with van der Waals surface area (Å²) >= 11 is 0. The first-order valence-corrected chi connectivity index (χ1v) is 7.69. The molecule has 0 aliphatic carbocycles. The highest BCUT2D eigenvalue weighted by Crippen LogP contribution is 2.19. The van der Waals surface area contributed by atoms with E-state index in [0.717, 1.165) is 11.1 Å². The number of pyridine rings is 1. The topological polar surface area (TPSA) is 64.4 Å². The van der Waals surface area contributed by atoms with Gasteiger partial charge in [-0.05, 0) is 24.6 Å². The van der Waals surface area contributed by atoms with Crippen LogP contribution in [-0.4, -0.2) is 10.9 Å². The summed E-state index contributed by atoms with van der Waals surface area (Å²) in [5.74, 6) is 0.295. The zero-order valence-electron chi connectivity index (χ0n) is 13.3. The molecule has 0 spiro atoms. The van der Waals surface area contributed by atoms with E-state index in [0.29, 0.717) is 18.0 Å².